The van der Waals surface area contributed by atoms with Crippen molar-refractivity contribution in [3.05, 3.63) is 54.1 Å². The Labute approximate surface area is 201 Å². The summed E-state index contributed by atoms with van der Waals surface area (Å²) in [6.45, 7) is 7.36. The van der Waals surface area contributed by atoms with Gasteiger partial charge in [-0.2, -0.15) is 4.31 Å². The second-order valence-electron chi connectivity index (χ2n) is 9.04. The first-order valence-electron chi connectivity index (χ1n) is 11.8. The fourth-order valence-corrected chi connectivity index (χ4v) is 5.74. The zero-order valence-electron chi connectivity index (χ0n) is 19.8. The monoisotopic (exact) mass is 487 g/mol. The molecule has 2 aromatic rings. The summed E-state index contributed by atoms with van der Waals surface area (Å²) in [5, 5.41) is 3.16. The second-order valence-corrected chi connectivity index (χ2v) is 11.0. The molecule has 4 rings (SSSR count). The smallest absolute Gasteiger partial charge is 0.243 e. The van der Waals surface area contributed by atoms with Gasteiger partial charge in [-0.25, -0.2) is 8.42 Å². The molecule has 0 aliphatic carbocycles. The number of hydrogen-bond acceptors (Lipinski definition) is 6. The molecule has 1 amide bonds. The minimum absolute atomic E-state index is 0.0785. The predicted octanol–water partition coefficient (Wildman–Crippen LogP) is 2.67. The van der Waals surface area contributed by atoms with Gasteiger partial charge in [-0.05, 0) is 35.7 Å². The molecule has 34 heavy (non-hydrogen) atoms. The van der Waals surface area contributed by atoms with Crippen LogP contribution in [0.2, 0.25) is 0 Å². The van der Waals surface area contributed by atoms with Crippen LogP contribution < -0.4 is 14.8 Å². The van der Waals surface area contributed by atoms with Crippen LogP contribution in [-0.2, 0) is 14.8 Å². The first-order chi connectivity index (χ1) is 16.3. The highest BCUT2D eigenvalue weighted by Crippen LogP contribution is 2.34. The number of carbonyl (C=O) groups excluding carboxylic acids is 1. The number of fused-ring (bicyclic) bond motifs is 1. The van der Waals surface area contributed by atoms with Gasteiger partial charge in [0.15, 0.2) is 11.5 Å². The lowest BCUT2D eigenvalue weighted by Crippen LogP contribution is -2.51. The fraction of sp³-hybridized carbons (Fsp3) is 0.480. The molecule has 8 nitrogen and oxygen atoms in total. The van der Waals surface area contributed by atoms with Crippen LogP contribution in [0.3, 0.4) is 0 Å². The lowest BCUT2D eigenvalue weighted by Gasteiger charge is -2.34. The molecular weight excluding hydrogens is 454 g/mol. The van der Waals surface area contributed by atoms with Crippen molar-refractivity contribution in [1.29, 1.82) is 0 Å². The van der Waals surface area contributed by atoms with E-state index in [1.54, 1.807) is 30.3 Å². The van der Waals surface area contributed by atoms with Crippen LogP contribution in [0.4, 0.5) is 0 Å². The van der Waals surface area contributed by atoms with E-state index in [2.05, 4.69) is 19.2 Å². The van der Waals surface area contributed by atoms with E-state index < -0.39 is 10.0 Å². The number of nitrogens with one attached hydrogen (secondary N) is 1. The van der Waals surface area contributed by atoms with Crippen molar-refractivity contribution in [2.75, 3.05) is 45.9 Å². The summed E-state index contributed by atoms with van der Waals surface area (Å²) in [5.41, 5.74) is 0.978. The molecule has 1 N–H and O–H groups in total. The minimum atomic E-state index is -3.51. The van der Waals surface area contributed by atoms with E-state index >= 15 is 0 Å². The van der Waals surface area contributed by atoms with E-state index in [0.29, 0.717) is 50.0 Å². The molecule has 0 saturated carbocycles. The van der Waals surface area contributed by atoms with E-state index in [-0.39, 0.29) is 24.4 Å². The van der Waals surface area contributed by atoms with Crippen LogP contribution in [0.5, 0.6) is 11.5 Å². The summed E-state index contributed by atoms with van der Waals surface area (Å²) in [7, 11) is -3.51. The van der Waals surface area contributed by atoms with Crippen molar-refractivity contribution >= 4 is 15.9 Å². The Morgan fingerprint density at radius 1 is 0.971 bits per heavy atom. The molecular formula is C25H33N3O5S. The van der Waals surface area contributed by atoms with Crippen LogP contribution >= 0.6 is 0 Å². The van der Waals surface area contributed by atoms with Crippen molar-refractivity contribution in [2.24, 2.45) is 5.92 Å². The Hall–Kier alpha value is -2.62. The molecule has 2 aliphatic rings. The summed E-state index contributed by atoms with van der Waals surface area (Å²) >= 11 is 0. The molecule has 0 radical (unpaired) electrons. The van der Waals surface area contributed by atoms with E-state index in [4.69, 9.17) is 9.47 Å². The molecule has 2 heterocycles. The normalized spacial score (nSPS) is 18.3. The summed E-state index contributed by atoms with van der Waals surface area (Å²) in [6, 6.07) is 14.1. The first kappa shape index (κ1) is 24.5. The van der Waals surface area contributed by atoms with E-state index in [1.165, 1.54) is 4.31 Å². The van der Waals surface area contributed by atoms with Crippen LogP contribution in [0.25, 0.3) is 0 Å². The standard InChI is InChI=1S/C25H33N3O5S/c1-19(2)25(20-9-10-22-23(17-20)33-16-6-15-32-22)26-24(29)18-27-11-13-28(14-12-27)34(30,31)21-7-4-3-5-8-21/h3-5,7-10,17,19,25H,6,11-16,18H2,1-2H3,(H,26,29)/t25-/m1/s1. The average Bonchev–Trinajstić information content (AvgIpc) is 3.08. The molecule has 1 atom stereocenters. The zero-order chi connectivity index (χ0) is 24.1. The Morgan fingerprint density at radius 3 is 2.32 bits per heavy atom. The van der Waals surface area contributed by atoms with Gasteiger partial charge in [-0.3, -0.25) is 9.69 Å². The van der Waals surface area contributed by atoms with Gasteiger partial charge in [-0.15, -0.1) is 0 Å². The molecule has 0 unspecified atom stereocenters. The molecule has 1 fully saturated rings. The maximum Gasteiger partial charge on any atom is 0.243 e. The SMILES string of the molecule is CC(C)[C@@H](NC(=O)CN1CCN(S(=O)(=O)c2ccccc2)CC1)c1ccc2c(c1)OCCCO2. The molecule has 9 heteroatoms. The highest BCUT2D eigenvalue weighted by atomic mass is 32.2. The number of benzene rings is 2. The van der Waals surface area contributed by atoms with Crippen LogP contribution in [-0.4, -0.2) is 69.5 Å². The van der Waals surface area contributed by atoms with Crippen molar-refractivity contribution in [2.45, 2.75) is 31.2 Å². The maximum atomic E-state index is 12.9. The van der Waals surface area contributed by atoms with E-state index in [0.717, 1.165) is 17.7 Å². The van der Waals surface area contributed by atoms with E-state index in [9.17, 15) is 13.2 Å². The lowest BCUT2D eigenvalue weighted by atomic mass is 9.95. The highest BCUT2D eigenvalue weighted by Gasteiger charge is 2.29. The van der Waals surface area contributed by atoms with E-state index in [1.807, 2.05) is 23.1 Å². The van der Waals surface area contributed by atoms with Gasteiger partial charge in [-0.1, -0.05) is 38.1 Å². The van der Waals surface area contributed by atoms with Gasteiger partial charge in [0.2, 0.25) is 15.9 Å². The number of hydrogen-bond donors (Lipinski definition) is 1. The van der Waals surface area contributed by atoms with Gasteiger partial charge in [0.25, 0.3) is 0 Å². The van der Waals surface area contributed by atoms with Gasteiger partial charge < -0.3 is 14.8 Å². The number of ether oxygens (including phenoxy) is 2. The minimum Gasteiger partial charge on any atom is -0.490 e. The van der Waals surface area contributed by atoms with Gasteiger partial charge in [0.1, 0.15) is 0 Å². The number of nitrogens with zero attached hydrogens (tertiary/aromatic N) is 2. The molecule has 0 aromatic heterocycles. The van der Waals surface area contributed by atoms with Crippen molar-refractivity contribution in [3.63, 3.8) is 0 Å². The summed E-state index contributed by atoms with van der Waals surface area (Å²) in [6.07, 6.45) is 0.842. The lowest BCUT2D eigenvalue weighted by molar-refractivity contribution is -0.123. The third-order valence-corrected chi connectivity index (χ3v) is 8.11. The Kier molecular flexibility index (Phi) is 7.75. The van der Waals surface area contributed by atoms with Crippen molar-refractivity contribution in [3.8, 4) is 11.5 Å². The highest BCUT2D eigenvalue weighted by molar-refractivity contribution is 7.89. The van der Waals surface area contributed by atoms with Gasteiger partial charge in [0, 0.05) is 32.6 Å². The Morgan fingerprint density at radius 2 is 1.65 bits per heavy atom. The maximum absolute atomic E-state index is 12.9. The first-order valence-corrected chi connectivity index (χ1v) is 13.2. The number of piperazine rings is 1. The summed E-state index contributed by atoms with van der Waals surface area (Å²) in [5.74, 6) is 1.55. The number of sulfonamides is 1. The third-order valence-electron chi connectivity index (χ3n) is 6.19. The van der Waals surface area contributed by atoms with Crippen molar-refractivity contribution in [1.82, 2.24) is 14.5 Å². The molecule has 1 saturated heterocycles. The fourth-order valence-electron chi connectivity index (χ4n) is 4.30. The van der Waals surface area contributed by atoms with Crippen LogP contribution in [0.15, 0.2) is 53.4 Å². The predicted molar refractivity (Wildman–Crippen MR) is 129 cm³/mol. The number of amides is 1. The Bertz CT molecular complexity index is 1080. The quantitative estimate of drug-likeness (QED) is 0.646. The molecule has 184 valence electrons. The van der Waals surface area contributed by atoms with Crippen molar-refractivity contribution < 1.29 is 22.7 Å². The number of carbonyl (C=O) groups is 1. The molecule has 0 bridgehead atoms. The zero-order valence-corrected chi connectivity index (χ0v) is 20.6. The average molecular weight is 488 g/mol. The molecule has 2 aliphatic heterocycles. The van der Waals surface area contributed by atoms with Gasteiger partial charge >= 0.3 is 0 Å². The number of rotatable bonds is 7. The topological polar surface area (TPSA) is 88.2 Å². The largest absolute Gasteiger partial charge is 0.490 e. The third kappa shape index (κ3) is 5.71. The summed E-state index contributed by atoms with van der Waals surface area (Å²) in [4.78, 5) is 15.2. The van der Waals surface area contributed by atoms with Crippen LogP contribution in [0.1, 0.15) is 31.9 Å². The van der Waals surface area contributed by atoms with Gasteiger partial charge in [0.05, 0.1) is 30.7 Å². The van der Waals surface area contributed by atoms with Crippen LogP contribution in [0, 0.1) is 5.92 Å². The molecule has 2 aromatic carbocycles. The second kappa shape index (κ2) is 10.8. The Balaban J connectivity index is 1.34. The molecule has 0 spiro atoms. The summed E-state index contributed by atoms with van der Waals surface area (Å²) < 4.78 is 38.7.